The molecule has 4 rings (SSSR count). The van der Waals surface area contributed by atoms with Crippen molar-refractivity contribution in [3.63, 3.8) is 0 Å². The Labute approximate surface area is 259 Å². The molecule has 0 aromatic carbocycles. The van der Waals surface area contributed by atoms with Gasteiger partial charge in [-0.2, -0.15) is 8.42 Å². The zero-order valence-corrected chi connectivity index (χ0v) is 25.9. The zero-order valence-electron chi connectivity index (χ0n) is 25.1. The third-order valence-electron chi connectivity index (χ3n) is 7.65. The smallest absolute Gasteiger partial charge is 0.333 e. The van der Waals surface area contributed by atoms with E-state index in [-0.39, 0.29) is 25.0 Å². The minimum absolute atomic E-state index is 0.0984. The molecule has 0 unspecified atom stereocenters. The number of imide groups is 1. The summed E-state index contributed by atoms with van der Waals surface area (Å²) in [6.07, 6.45) is 27.2. The van der Waals surface area contributed by atoms with Crippen LogP contribution in [0.4, 0.5) is 0 Å². The molecule has 44 heavy (non-hydrogen) atoms. The third-order valence-corrected chi connectivity index (χ3v) is 8.46. The molecule has 0 spiro atoms. The van der Waals surface area contributed by atoms with Gasteiger partial charge in [0.2, 0.25) is 0 Å². The van der Waals surface area contributed by atoms with Crippen molar-refractivity contribution < 1.29 is 36.8 Å². The number of aromatic nitrogens is 1. The van der Waals surface area contributed by atoms with Crippen molar-refractivity contribution >= 4 is 34.0 Å². The molecule has 1 aromatic heterocycles. The number of carbonyl (C=O) groups is 3. The highest BCUT2D eigenvalue weighted by molar-refractivity contribution is 7.85. The van der Waals surface area contributed by atoms with Gasteiger partial charge < -0.3 is 9.74 Å². The van der Waals surface area contributed by atoms with Crippen LogP contribution < -0.4 is 4.57 Å². The maximum Gasteiger partial charge on any atom is 0.333 e. The molecule has 0 atom stereocenters. The van der Waals surface area contributed by atoms with Gasteiger partial charge in [0.05, 0.1) is 5.75 Å². The maximum atomic E-state index is 11.9. The first kappa shape index (κ1) is 33.1. The van der Waals surface area contributed by atoms with Crippen LogP contribution >= 0.6 is 0 Å². The summed E-state index contributed by atoms with van der Waals surface area (Å²) in [4.78, 5) is 42.0. The first-order chi connectivity index (χ1) is 21.1. The standard InChI is InChI=1S/C33H41N3O7S/c37-31-11-12-32(38)36(31)43-33(39)10-3-1-4-17-34-19-13-27(14-20-34)24-29-8-7-9-30(26-29)25-28-15-21-35(22-16-28)18-5-2-6-23-44(40,41)42/h13-16,19-22,24-26H,1-12,17-18,23H2/p+1. The van der Waals surface area contributed by atoms with Gasteiger partial charge in [0.1, 0.15) is 6.54 Å². The number of aryl methyl sites for hydroxylation is 1. The highest BCUT2D eigenvalue weighted by Crippen LogP contribution is 2.26. The Kier molecular flexibility index (Phi) is 12.3. The second-order valence-corrected chi connectivity index (χ2v) is 12.9. The fourth-order valence-electron chi connectivity index (χ4n) is 5.26. The van der Waals surface area contributed by atoms with Crippen LogP contribution in [0.2, 0.25) is 0 Å². The van der Waals surface area contributed by atoms with E-state index >= 15 is 0 Å². The molecule has 0 bridgehead atoms. The third kappa shape index (κ3) is 11.3. The van der Waals surface area contributed by atoms with E-state index < -0.39 is 27.9 Å². The molecule has 1 N–H and O–H groups in total. The topological polar surface area (TPSA) is 125 Å². The molecular formula is C33H42N3O7S+. The van der Waals surface area contributed by atoms with E-state index in [4.69, 9.17) is 9.39 Å². The molecule has 1 aromatic rings. The summed E-state index contributed by atoms with van der Waals surface area (Å²) < 4.78 is 32.6. The predicted molar refractivity (Wildman–Crippen MR) is 166 cm³/mol. The minimum atomic E-state index is -3.87. The highest BCUT2D eigenvalue weighted by Gasteiger charge is 2.32. The Morgan fingerprint density at radius 3 is 2.32 bits per heavy atom. The van der Waals surface area contributed by atoms with Crippen molar-refractivity contribution in [2.45, 2.75) is 83.6 Å². The van der Waals surface area contributed by atoms with E-state index in [1.54, 1.807) is 0 Å². The van der Waals surface area contributed by atoms with Gasteiger partial charge in [0.15, 0.2) is 12.4 Å². The summed E-state index contributed by atoms with van der Waals surface area (Å²) in [6, 6.07) is 4.22. The molecule has 3 heterocycles. The van der Waals surface area contributed by atoms with E-state index in [1.807, 2.05) is 12.4 Å². The first-order valence-electron chi connectivity index (χ1n) is 15.4. The number of allylic oxidation sites excluding steroid dienone is 7. The number of unbranched alkanes of at least 4 members (excludes halogenated alkanes) is 4. The van der Waals surface area contributed by atoms with Crippen molar-refractivity contribution in [2.24, 2.45) is 0 Å². The SMILES string of the molecule is O=C(CCCCC[n+]1ccc(/C=C2/C=C(C=C3C=CN(CCCCCS(=O)(=O)O)C=C3)CCC2)cc1)ON1C(=O)CCC1=O. The Morgan fingerprint density at radius 2 is 1.61 bits per heavy atom. The Bertz CT molecular complexity index is 1420. The van der Waals surface area contributed by atoms with E-state index in [2.05, 4.69) is 64.4 Å². The van der Waals surface area contributed by atoms with E-state index in [0.717, 1.165) is 69.2 Å². The number of rotatable bonds is 15. The number of hydrogen-bond acceptors (Lipinski definition) is 7. The Hall–Kier alpha value is -3.83. The molecular weight excluding hydrogens is 582 g/mol. The van der Waals surface area contributed by atoms with Gasteiger partial charge in [-0.25, -0.2) is 9.36 Å². The van der Waals surface area contributed by atoms with Gasteiger partial charge in [0.25, 0.3) is 21.9 Å². The molecule has 0 saturated carbocycles. The van der Waals surface area contributed by atoms with Gasteiger partial charge in [-0.1, -0.05) is 24.6 Å². The quantitative estimate of drug-likeness (QED) is 0.126. The van der Waals surface area contributed by atoms with Crippen LogP contribution in [0.3, 0.4) is 0 Å². The molecule has 1 fully saturated rings. The number of amides is 2. The summed E-state index contributed by atoms with van der Waals surface area (Å²) in [6.45, 7) is 1.64. The summed E-state index contributed by atoms with van der Waals surface area (Å²) in [5.74, 6) is -1.64. The second kappa shape index (κ2) is 16.3. The fraction of sp³-hybridized carbons (Fsp3) is 0.455. The van der Waals surface area contributed by atoms with Crippen LogP contribution in [0.1, 0.15) is 82.6 Å². The lowest BCUT2D eigenvalue weighted by molar-refractivity contribution is -0.697. The average Bonchev–Trinajstić information content (AvgIpc) is 3.30. The van der Waals surface area contributed by atoms with Gasteiger partial charge in [-0.3, -0.25) is 14.1 Å². The largest absolute Gasteiger partial charge is 0.354 e. The van der Waals surface area contributed by atoms with Crippen molar-refractivity contribution in [2.75, 3.05) is 12.3 Å². The van der Waals surface area contributed by atoms with Crippen molar-refractivity contribution in [3.05, 3.63) is 83.5 Å². The number of pyridine rings is 1. The Morgan fingerprint density at radius 1 is 0.909 bits per heavy atom. The number of nitrogens with zero attached hydrogens (tertiary/aromatic N) is 3. The number of hydroxylamine groups is 2. The maximum absolute atomic E-state index is 11.9. The van der Waals surface area contributed by atoms with Crippen LogP contribution in [-0.2, 0) is 35.9 Å². The molecule has 3 aliphatic rings. The molecule has 1 aliphatic carbocycles. The lowest BCUT2D eigenvalue weighted by Crippen LogP contribution is -2.32. The van der Waals surface area contributed by atoms with E-state index in [9.17, 15) is 22.8 Å². The lowest BCUT2D eigenvalue weighted by atomic mass is 9.92. The molecule has 10 nitrogen and oxygen atoms in total. The number of hydrogen-bond donors (Lipinski definition) is 1. The van der Waals surface area contributed by atoms with Crippen molar-refractivity contribution in [3.8, 4) is 0 Å². The van der Waals surface area contributed by atoms with Crippen LogP contribution in [0.15, 0.2) is 77.9 Å². The number of carbonyl (C=O) groups excluding carboxylic acids is 3. The Balaban J connectivity index is 1.17. The van der Waals surface area contributed by atoms with Crippen LogP contribution in [0.25, 0.3) is 6.08 Å². The lowest BCUT2D eigenvalue weighted by Gasteiger charge is -2.19. The first-order valence-corrected chi connectivity index (χ1v) is 17.0. The molecule has 1 saturated heterocycles. The zero-order chi connectivity index (χ0) is 31.4. The van der Waals surface area contributed by atoms with Crippen LogP contribution in [0, 0.1) is 0 Å². The van der Waals surface area contributed by atoms with Crippen LogP contribution in [0.5, 0.6) is 0 Å². The summed E-state index contributed by atoms with van der Waals surface area (Å²) in [7, 11) is -3.87. The van der Waals surface area contributed by atoms with E-state index in [0.29, 0.717) is 17.9 Å². The minimum Gasteiger partial charge on any atom is -0.354 e. The molecule has 2 amide bonds. The van der Waals surface area contributed by atoms with Crippen LogP contribution in [-0.4, -0.2) is 53.0 Å². The summed E-state index contributed by atoms with van der Waals surface area (Å²) >= 11 is 0. The molecule has 236 valence electrons. The second-order valence-electron chi connectivity index (χ2n) is 11.4. The van der Waals surface area contributed by atoms with Gasteiger partial charge in [-0.05, 0) is 79.4 Å². The van der Waals surface area contributed by atoms with Crippen molar-refractivity contribution in [1.29, 1.82) is 0 Å². The predicted octanol–water partition coefficient (Wildman–Crippen LogP) is 4.96. The normalized spacial score (nSPS) is 17.9. The average molecular weight is 625 g/mol. The van der Waals surface area contributed by atoms with Crippen molar-refractivity contribution in [1.82, 2.24) is 9.96 Å². The molecule has 2 aliphatic heterocycles. The van der Waals surface area contributed by atoms with Gasteiger partial charge >= 0.3 is 5.97 Å². The van der Waals surface area contributed by atoms with E-state index in [1.165, 1.54) is 11.1 Å². The highest BCUT2D eigenvalue weighted by atomic mass is 32.2. The monoisotopic (exact) mass is 624 g/mol. The summed E-state index contributed by atoms with van der Waals surface area (Å²) in [5.41, 5.74) is 4.91. The van der Waals surface area contributed by atoms with Gasteiger partial charge in [-0.15, -0.1) is 5.06 Å². The summed E-state index contributed by atoms with van der Waals surface area (Å²) in [5, 5.41) is 0.600. The molecule has 11 heteroatoms. The molecule has 0 radical (unpaired) electrons. The van der Waals surface area contributed by atoms with Gasteiger partial charge in [0, 0.05) is 56.8 Å². The fourth-order valence-corrected chi connectivity index (χ4v) is 5.83.